The lowest BCUT2D eigenvalue weighted by Crippen LogP contribution is -2.39. The van der Waals surface area contributed by atoms with Gasteiger partial charge in [0.25, 0.3) is 5.91 Å². The second-order valence-corrected chi connectivity index (χ2v) is 9.47. The van der Waals surface area contributed by atoms with E-state index in [4.69, 9.17) is 9.72 Å². The highest BCUT2D eigenvalue weighted by atomic mass is 16.5. The molecule has 0 bridgehead atoms. The van der Waals surface area contributed by atoms with E-state index in [2.05, 4.69) is 5.32 Å². The van der Waals surface area contributed by atoms with Crippen LogP contribution in [0.3, 0.4) is 0 Å². The van der Waals surface area contributed by atoms with E-state index in [0.717, 1.165) is 40.9 Å². The standard InChI is InChI=1S/C30H30N4O3/c1-20-7-11-22(12-8-20)27-18-34(25-13-9-21(2)10-14-25)30(31-27)32-28(35)19-33(24-15-16-24)29(36)23-5-4-6-26(17-23)37-3/h4-14,17-18,24H,15-16,19H2,1-3H3,(H,31,32,35). The highest BCUT2D eigenvalue weighted by Gasteiger charge is 2.34. The number of hydrogen-bond donors (Lipinski definition) is 1. The van der Waals surface area contributed by atoms with Crippen molar-refractivity contribution in [2.45, 2.75) is 32.7 Å². The maximum atomic E-state index is 13.3. The van der Waals surface area contributed by atoms with E-state index in [1.165, 1.54) is 0 Å². The van der Waals surface area contributed by atoms with Crippen LogP contribution in [0.25, 0.3) is 16.9 Å². The molecule has 0 aliphatic heterocycles. The van der Waals surface area contributed by atoms with Crippen LogP contribution in [-0.4, -0.2) is 46.0 Å². The molecule has 7 heteroatoms. The molecule has 188 valence electrons. The first kappa shape index (κ1) is 24.3. The Bertz CT molecular complexity index is 1420. The number of rotatable bonds is 8. The maximum Gasteiger partial charge on any atom is 0.254 e. The van der Waals surface area contributed by atoms with Crippen molar-refractivity contribution in [3.63, 3.8) is 0 Å². The van der Waals surface area contributed by atoms with Gasteiger partial charge < -0.3 is 9.64 Å². The summed E-state index contributed by atoms with van der Waals surface area (Å²) in [7, 11) is 1.57. The number of carbonyl (C=O) groups excluding carboxylic acids is 2. The molecule has 1 saturated carbocycles. The van der Waals surface area contributed by atoms with Crippen molar-refractivity contribution < 1.29 is 14.3 Å². The van der Waals surface area contributed by atoms with Crippen LogP contribution in [0, 0.1) is 13.8 Å². The molecule has 1 N–H and O–H groups in total. The van der Waals surface area contributed by atoms with Crippen molar-refractivity contribution in [1.82, 2.24) is 14.5 Å². The number of benzene rings is 3. The van der Waals surface area contributed by atoms with Crippen LogP contribution in [0.4, 0.5) is 5.95 Å². The SMILES string of the molecule is COc1cccc(C(=O)N(CC(=O)Nc2nc(-c3ccc(C)cc3)cn2-c2ccc(C)cc2)C2CC2)c1. The van der Waals surface area contributed by atoms with Crippen molar-refractivity contribution in [3.8, 4) is 22.7 Å². The van der Waals surface area contributed by atoms with Gasteiger partial charge in [-0.2, -0.15) is 0 Å². The second-order valence-electron chi connectivity index (χ2n) is 9.47. The number of carbonyl (C=O) groups is 2. The van der Waals surface area contributed by atoms with Crippen LogP contribution in [0.15, 0.2) is 79.0 Å². The van der Waals surface area contributed by atoms with Crippen molar-refractivity contribution in [2.75, 3.05) is 19.0 Å². The van der Waals surface area contributed by atoms with Gasteiger partial charge in [0.05, 0.1) is 12.8 Å². The minimum absolute atomic E-state index is 0.0542. The Kier molecular flexibility index (Phi) is 6.77. The number of anilines is 1. The molecular formula is C30H30N4O3. The Morgan fingerprint density at radius 1 is 1.00 bits per heavy atom. The molecule has 1 heterocycles. The molecule has 7 nitrogen and oxygen atoms in total. The van der Waals surface area contributed by atoms with Crippen LogP contribution >= 0.6 is 0 Å². The average molecular weight is 495 g/mol. The molecule has 1 aliphatic carbocycles. The fourth-order valence-corrected chi connectivity index (χ4v) is 4.23. The third-order valence-corrected chi connectivity index (χ3v) is 6.50. The van der Waals surface area contributed by atoms with Gasteiger partial charge in [-0.25, -0.2) is 4.98 Å². The van der Waals surface area contributed by atoms with Crippen LogP contribution in [0.5, 0.6) is 5.75 Å². The molecule has 5 rings (SSSR count). The first-order chi connectivity index (χ1) is 17.9. The molecule has 1 fully saturated rings. The molecular weight excluding hydrogens is 464 g/mol. The largest absolute Gasteiger partial charge is 0.497 e. The molecule has 1 aliphatic rings. The third-order valence-electron chi connectivity index (χ3n) is 6.50. The summed E-state index contributed by atoms with van der Waals surface area (Å²) in [5.74, 6) is 0.542. The molecule has 0 radical (unpaired) electrons. The number of methoxy groups -OCH3 is 1. The van der Waals surface area contributed by atoms with E-state index < -0.39 is 0 Å². The Balaban J connectivity index is 1.41. The zero-order valence-corrected chi connectivity index (χ0v) is 21.3. The van der Waals surface area contributed by atoms with Crippen molar-refractivity contribution in [1.29, 1.82) is 0 Å². The predicted molar refractivity (Wildman–Crippen MR) is 144 cm³/mol. The summed E-state index contributed by atoms with van der Waals surface area (Å²) in [5.41, 5.74) is 5.41. The van der Waals surface area contributed by atoms with Gasteiger partial charge in [-0.3, -0.25) is 19.5 Å². The first-order valence-electron chi connectivity index (χ1n) is 12.4. The van der Waals surface area contributed by atoms with Gasteiger partial charge in [0.2, 0.25) is 11.9 Å². The number of aryl methyl sites for hydroxylation is 2. The summed E-state index contributed by atoms with van der Waals surface area (Å²) in [4.78, 5) is 32.9. The zero-order valence-electron chi connectivity index (χ0n) is 21.3. The fraction of sp³-hybridized carbons (Fsp3) is 0.233. The normalized spacial score (nSPS) is 12.7. The van der Waals surface area contributed by atoms with Gasteiger partial charge in [-0.05, 0) is 57.0 Å². The minimum Gasteiger partial charge on any atom is -0.497 e. The lowest BCUT2D eigenvalue weighted by Gasteiger charge is -2.22. The van der Waals surface area contributed by atoms with Crippen LogP contribution in [-0.2, 0) is 4.79 Å². The fourth-order valence-electron chi connectivity index (χ4n) is 4.23. The van der Waals surface area contributed by atoms with E-state index in [-0.39, 0.29) is 24.4 Å². The molecule has 0 atom stereocenters. The lowest BCUT2D eigenvalue weighted by atomic mass is 10.1. The van der Waals surface area contributed by atoms with Crippen molar-refractivity contribution in [2.24, 2.45) is 0 Å². The van der Waals surface area contributed by atoms with Gasteiger partial charge in [0, 0.05) is 29.1 Å². The Hall–Kier alpha value is -4.39. The summed E-state index contributed by atoms with van der Waals surface area (Å²) in [5, 5.41) is 2.96. The number of nitrogens with zero attached hydrogens (tertiary/aromatic N) is 3. The molecule has 4 aromatic rings. The van der Waals surface area contributed by atoms with Crippen molar-refractivity contribution in [3.05, 3.63) is 95.7 Å². The van der Waals surface area contributed by atoms with Crippen LogP contribution < -0.4 is 10.1 Å². The quantitative estimate of drug-likeness (QED) is 0.355. The summed E-state index contributed by atoms with van der Waals surface area (Å²) >= 11 is 0. The number of nitrogens with one attached hydrogen (secondary N) is 1. The van der Waals surface area contributed by atoms with Crippen LogP contribution in [0.2, 0.25) is 0 Å². The van der Waals surface area contributed by atoms with Gasteiger partial charge in [0.15, 0.2) is 0 Å². The summed E-state index contributed by atoms with van der Waals surface area (Å²) in [6.45, 7) is 4.02. The van der Waals surface area contributed by atoms with E-state index >= 15 is 0 Å². The van der Waals surface area contributed by atoms with E-state index in [1.807, 2.05) is 73.1 Å². The monoisotopic (exact) mass is 494 g/mol. The molecule has 37 heavy (non-hydrogen) atoms. The number of amides is 2. The van der Waals surface area contributed by atoms with Gasteiger partial charge in [0.1, 0.15) is 12.3 Å². The third kappa shape index (κ3) is 5.56. The van der Waals surface area contributed by atoms with E-state index in [0.29, 0.717) is 17.3 Å². The summed E-state index contributed by atoms with van der Waals surface area (Å²) in [6.07, 6.45) is 3.70. The highest BCUT2D eigenvalue weighted by molar-refractivity contribution is 5.99. The number of imidazole rings is 1. The number of aromatic nitrogens is 2. The van der Waals surface area contributed by atoms with Gasteiger partial charge in [-0.15, -0.1) is 0 Å². The van der Waals surface area contributed by atoms with Gasteiger partial charge >= 0.3 is 0 Å². The lowest BCUT2D eigenvalue weighted by molar-refractivity contribution is -0.117. The molecule has 0 spiro atoms. The average Bonchev–Trinajstić information content (AvgIpc) is 3.68. The topological polar surface area (TPSA) is 76.5 Å². The second kappa shape index (κ2) is 10.3. The highest BCUT2D eigenvalue weighted by Crippen LogP contribution is 2.29. The van der Waals surface area contributed by atoms with Crippen molar-refractivity contribution >= 4 is 17.8 Å². The molecule has 0 saturated heterocycles. The number of ether oxygens (including phenoxy) is 1. The Morgan fingerprint density at radius 3 is 2.32 bits per heavy atom. The Labute approximate surface area is 216 Å². The summed E-state index contributed by atoms with van der Waals surface area (Å²) < 4.78 is 7.14. The molecule has 1 aromatic heterocycles. The Morgan fingerprint density at radius 2 is 1.68 bits per heavy atom. The minimum atomic E-state index is -0.294. The van der Waals surface area contributed by atoms with Gasteiger partial charge in [-0.1, -0.05) is 53.6 Å². The van der Waals surface area contributed by atoms with Crippen LogP contribution in [0.1, 0.15) is 34.3 Å². The van der Waals surface area contributed by atoms with E-state index in [9.17, 15) is 9.59 Å². The first-order valence-corrected chi connectivity index (χ1v) is 12.4. The molecule has 3 aromatic carbocycles. The smallest absolute Gasteiger partial charge is 0.254 e. The zero-order chi connectivity index (χ0) is 25.9. The predicted octanol–water partition coefficient (Wildman–Crippen LogP) is 5.41. The maximum absolute atomic E-state index is 13.3. The number of hydrogen-bond acceptors (Lipinski definition) is 4. The summed E-state index contributed by atoms with van der Waals surface area (Å²) in [6, 6.07) is 23.2. The molecule has 0 unspecified atom stereocenters. The molecule has 2 amide bonds. The van der Waals surface area contributed by atoms with E-state index in [1.54, 1.807) is 36.3 Å².